The van der Waals surface area contributed by atoms with Crippen molar-refractivity contribution in [2.24, 2.45) is 7.05 Å². The van der Waals surface area contributed by atoms with Crippen LogP contribution < -0.4 is 5.32 Å². The number of ether oxygens (including phenoxy) is 1. The average Bonchev–Trinajstić information content (AvgIpc) is 2.74. The van der Waals surface area contributed by atoms with Gasteiger partial charge in [0.25, 0.3) is 0 Å². The molecule has 1 N–H and O–H groups in total. The number of anilines is 1. The van der Waals surface area contributed by atoms with Gasteiger partial charge in [0.15, 0.2) is 6.04 Å². The van der Waals surface area contributed by atoms with Crippen LogP contribution in [0.4, 0.5) is 5.69 Å². The normalized spacial score (nSPS) is 12.0. The van der Waals surface area contributed by atoms with E-state index in [1.807, 2.05) is 44.4 Å². The van der Waals surface area contributed by atoms with Gasteiger partial charge in [0.2, 0.25) is 0 Å². The second-order valence-corrected chi connectivity index (χ2v) is 5.37. The molecule has 1 aromatic carbocycles. The molecule has 1 aromatic heterocycles. The molecule has 0 amide bonds. The van der Waals surface area contributed by atoms with Crippen molar-refractivity contribution in [1.82, 2.24) is 9.78 Å². The van der Waals surface area contributed by atoms with Crippen molar-refractivity contribution in [3.8, 4) is 0 Å². The summed E-state index contributed by atoms with van der Waals surface area (Å²) in [5.41, 5.74) is 2.43. The minimum absolute atomic E-state index is 0.346. The SMILES string of the molecule is COC(=O)C(Nc1cccc(Br)c1)c1cn(C)nc1C. The molecule has 106 valence electrons. The van der Waals surface area contributed by atoms with Gasteiger partial charge in [-0.1, -0.05) is 22.0 Å². The Kier molecular flexibility index (Phi) is 4.44. The van der Waals surface area contributed by atoms with Gasteiger partial charge in [-0.2, -0.15) is 5.10 Å². The molecular formula is C14H16BrN3O2. The molecule has 1 atom stereocenters. The number of halogens is 1. The summed E-state index contributed by atoms with van der Waals surface area (Å²) in [6.45, 7) is 1.87. The standard InChI is InChI=1S/C14H16BrN3O2/c1-9-12(8-18(2)17-9)13(14(19)20-3)16-11-6-4-5-10(15)7-11/h4-8,13,16H,1-3H3. The summed E-state index contributed by atoms with van der Waals surface area (Å²) in [4.78, 5) is 12.0. The van der Waals surface area contributed by atoms with E-state index < -0.39 is 6.04 Å². The van der Waals surface area contributed by atoms with Crippen molar-refractivity contribution in [3.05, 3.63) is 46.2 Å². The molecule has 1 unspecified atom stereocenters. The van der Waals surface area contributed by atoms with E-state index >= 15 is 0 Å². The Balaban J connectivity index is 2.34. The highest BCUT2D eigenvalue weighted by Gasteiger charge is 2.25. The van der Waals surface area contributed by atoms with Gasteiger partial charge < -0.3 is 10.1 Å². The van der Waals surface area contributed by atoms with E-state index in [1.165, 1.54) is 7.11 Å². The summed E-state index contributed by atoms with van der Waals surface area (Å²) in [7, 11) is 3.20. The molecule has 2 rings (SSSR count). The summed E-state index contributed by atoms with van der Waals surface area (Å²) in [5, 5.41) is 7.45. The van der Waals surface area contributed by atoms with Gasteiger partial charge in [0.1, 0.15) is 0 Å². The van der Waals surface area contributed by atoms with Crippen LogP contribution in [0.15, 0.2) is 34.9 Å². The second kappa shape index (κ2) is 6.09. The maximum atomic E-state index is 12.0. The first-order chi connectivity index (χ1) is 9.51. The van der Waals surface area contributed by atoms with Crippen molar-refractivity contribution < 1.29 is 9.53 Å². The highest BCUT2D eigenvalue weighted by atomic mass is 79.9. The predicted octanol–water partition coefficient (Wildman–Crippen LogP) is 2.82. The number of hydrogen-bond donors (Lipinski definition) is 1. The van der Waals surface area contributed by atoms with Crippen LogP contribution >= 0.6 is 15.9 Å². The first-order valence-electron chi connectivity index (χ1n) is 6.11. The molecule has 6 heteroatoms. The van der Waals surface area contributed by atoms with Crippen LogP contribution in [0.2, 0.25) is 0 Å². The number of esters is 1. The number of rotatable bonds is 4. The molecule has 0 aliphatic heterocycles. The fraction of sp³-hybridized carbons (Fsp3) is 0.286. The third-order valence-corrected chi connectivity index (χ3v) is 3.43. The highest BCUT2D eigenvalue weighted by Crippen LogP contribution is 2.24. The number of aryl methyl sites for hydroxylation is 2. The van der Waals surface area contributed by atoms with Crippen LogP contribution in [0.25, 0.3) is 0 Å². The molecular weight excluding hydrogens is 322 g/mol. The minimum Gasteiger partial charge on any atom is -0.467 e. The van der Waals surface area contributed by atoms with Crippen LogP contribution in [-0.4, -0.2) is 22.9 Å². The quantitative estimate of drug-likeness (QED) is 0.871. The predicted molar refractivity (Wildman–Crippen MR) is 80.5 cm³/mol. The fourth-order valence-electron chi connectivity index (χ4n) is 2.03. The van der Waals surface area contributed by atoms with Gasteiger partial charge in [0.05, 0.1) is 12.8 Å². The topological polar surface area (TPSA) is 56.1 Å². The lowest BCUT2D eigenvalue weighted by molar-refractivity contribution is -0.141. The zero-order chi connectivity index (χ0) is 14.7. The molecule has 0 aliphatic rings. The van der Waals surface area contributed by atoms with Crippen LogP contribution in [0, 0.1) is 6.92 Å². The summed E-state index contributed by atoms with van der Waals surface area (Å²) >= 11 is 3.41. The van der Waals surface area contributed by atoms with E-state index in [2.05, 4.69) is 26.3 Å². The zero-order valence-corrected chi connectivity index (χ0v) is 13.1. The lowest BCUT2D eigenvalue weighted by Crippen LogP contribution is -2.22. The van der Waals surface area contributed by atoms with E-state index in [4.69, 9.17) is 4.74 Å². The molecule has 0 saturated heterocycles. The van der Waals surface area contributed by atoms with Crippen LogP contribution in [0.1, 0.15) is 17.3 Å². The Bertz CT molecular complexity index is 625. The van der Waals surface area contributed by atoms with Gasteiger partial charge in [-0.15, -0.1) is 0 Å². The van der Waals surface area contributed by atoms with Crippen molar-refractivity contribution in [2.75, 3.05) is 12.4 Å². The average molecular weight is 338 g/mol. The lowest BCUT2D eigenvalue weighted by atomic mass is 10.1. The molecule has 0 saturated carbocycles. The molecule has 2 aromatic rings. The van der Waals surface area contributed by atoms with E-state index in [0.717, 1.165) is 21.4 Å². The van der Waals surface area contributed by atoms with Crippen molar-refractivity contribution in [1.29, 1.82) is 0 Å². The number of methoxy groups -OCH3 is 1. The number of benzene rings is 1. The smallest absolute Gasteiger partial charge is 0.333 e. The molecule has 1 heterocycles. The molecule has 0 bridgehead atoms. The Morgan fingerprint density at radius 1 is 1.50 bits per heavy atom. The molecule has 0 aliphatic carbocycles. The summed E-state index contributed by atoms with van der Waals surface area (Å²) < 4.78 is 7.51. The van der Waals surface area contributed by atoms with E-state index in [-0.39, 0.29) is 5.97 Å². The third kappa shape index (κ3) is 3.19. The highest BCUT2D eigenvalue weighted by molar-refractivity contribution is 9.10. The van der Waals surface area contributed by atoms with Crippen LogP contribution in [-0.2, 0) is 16.6 Å². The second-order valence-electron chi connectivity index (χ2n) is 4.45. The summed E-state index contributed by atoms with van der Waals surface area (Å²) in [5.74, 6) is -0.346. The number of carbonyl (C=O) groups excluding carboxylic acids is 1. The number of aromatic nitrogens is 2. The first-order valence-corrected chi connectivity index (χ1v) is 6.90. The monoisotopic (exact) mass is 337 g/mol. The number of nitrogens with one attached hydrogen (secondary N) is 1. The molecule has 0 spiro atoms. The Hall–Kier alpha value is -1.82. The van der Waals surface area contributed by atoms with Crippen molar-refractivity contribution in [2.45, 2.75) is 13.0 Å². The van der Waals surface area contributed by atoms with Gasteiger partial charge in [0, 0.05) is 29.0 Å². The van der Waals surface area contributed by atoms with E-state index in [0.29, 0.717) is 0 Å². The maximum Gasteiger partial charge on any atom is 0.333 e. The van der Waals surface area contributed by atoms with Crippen molar-refractivity contribution in [3.63, 3.8) is 0 Å². The lowest BCUT2D eigenvalue weighted by Gasteiger charge is -2.17. The number of carbonyl (C=O) groups is 1. The molecule has 0 radical (unpaired) electrons. The maximum absolute atomic E-state index is 12.0. The Labute approximate surface area is 126 Å². The van der Waals surface area contributed by atoms with Gasteiger partial charge in [-0.25, -0.2) is 4.79 Å². The van der Waals surface area contributed by atoms with Crippen LogP contribution in [0.3, 0.4) is 0 Å². The summed E-state index contributed by atoms with van der Waals surface area (Å²) in [6, 6.07) is 7.04. The van der Waals surface area contributed by atoms with Crippen molar-refractivity contribution >= 4 is 27.6 Å². The minimum atomic E-state index is -0.581. The molecule has 5 nitrogen and oxygen atoms in total. The zero-order valence-electron chi connectivity index (χ0n) is 11.6. The van der Waals surface area contributed by atoms with E-state index in [9.17, 15) is 4.79 Å². The molecule has 0 fully saturated rings. The summed E-state index contributed by atoms with van der Waals surface area (Å²) in [6.07, 6.45) is 1.82. The Morgan fingerprint density at radius 3 is 2.80 bits per heavy atom. The van der Waals surface area contributed by atoms with Gasteiger partial charge >= 0.3 is 5.97 Å². The van der Waals surface area contributed by atoms with Gasteiger partial charge in [-0.05, 0) is 25.1 Å². The van der Waals surface area contributed by atoms with Crippen LogP contribution in [0.5, 0.6) is 0 Å². The fourth-order valence-corrected chi connectivity index (χ4v) is 2.43. The Morgan fingerprint density at radius 2 is 2.25 bits per heavy atom. The largest absolute Gasteiger partial charge is 0.467 e. The van der Waals surface area contributed by atoms with Gasteiger partial charge in [-0.3, -0.25) is 4.68 Å². The number of hydrogen-bond acceptors (Lipinski definition) is 4. The third-order valence-electron chi connectivity index (χ3n) is 2.93. The molecule has 20 heavy (non-hydrogen) atoms. The first kappa shape index (κ1) is 14.6. The number of nitrogens with zero attached hydrogens (tertiary/aromatic N) is 2. The van der Waals surface area contributed by atoms with E-state index in [1.54, 1.807) is 4.68 Å².